The molecule has 1 saturated heterocycles. The molecule has 1 unspecified atom stereocenters. The van der Waals surface area contributed by atoms with Crippen LogP contribution in [0.25, 0.3) is 0 Å². The summed E-state index contributed by atoms with van der Waals surface area (Å²) in [7, 11) is 0. The Balaban J connectivity index is 2.41. The van der Waals surface area contributed by atoms with E-state index >= 15 is 0 Å². The van der Waals surface area contributed by atoms with Gasteiger partial charge in [-0.25, -0.2) is 0 Å². The lowest BCUT2D eigenvalue weighted by molar-refractivity contribution is 0.208. The highest BCUT2D eigenvalue weighted by molar-refractivity contribution is 7.99. The first kappa shape index (κ1) is 10.9. The first-order valence-corrected chi connectivity index (χ1v) is 6.22. The molecule has 1 aliphatic rings. The van der Waals surface area contributed by atoms with Crippen LogP contribution in [0, 0.1) is 11.3 Å². The molecule has 0 spiro atoms. The fourth-order valence-corrected chi connectivity index (χ4v) is 2.67. The Morgan fingerprint density at radius 2 is 2.31 bits per heavy atom. The van der Waals surface area contributed by atoms with Gasteiger partial charge in [0.25, 0.3) is 0 Å². The maximum Gasteiger partial charge on any atom is 0.0638 e. The zero-order valence-corrected chi connectivity index (χ0v) is 9.15. The summed E-state index contributed by atoms with van der Waals surface area (Å²) in [5.74, 6) is 2.53. The second-order valence-corrected chi connectivity index (χ2v) is 4.65. The molecule has 0 bridgehead atoms. The molecule has 74 valence electrons. The highest BCUT2D eigenvalue weighted by Crippen LogP contribution is 2.15. The molecule has 0 aromatic heterocycles. The van der Waals surface area contributed by atoms with E-state index in [1.807, 2.05) is 11.8 Å². The molecule has 1 rings (SSSR count). The molecular formula is C10H18N2S. The summed E-state index contributed by atoms with van der Waals surface area (Å²) >= 11 is 2.04. The molecule has 0 saturated carbocycles. The Kier molecular flexibility index (Phi) is 5.26. The molecule has 0 radical (unpaired) electrons. The highest BCUT2D eigenvalue weighted by Gasteiger charge is 2.17. The maximum absolute atomic E-state index is 8.69. The van der Waals surface area contributed by atoms with Gasteiger partial charge in [0, 0.05) is 18.3 Å². The van der Waals surface area contributed by atoms with E-state index in [0.717, 1.165) is 6.42 Å². The van der Waals surface area contributed by atoms with Crippen LogP contribution in [0.5, 0.6) is 0 Å². The standard InChI is InChI=1S/C10H18N2S/c1-2-10(4-5-11)12-6-3-8-13-9-7-12/h10H,2-4,6-9H2,1H3. The van der Waals surface area contributed by atoms with Crippen LogP contribution in [0.3, 0.4) is 0 Å². The lowest BCUT2D eigenvalue weighted by Crippen LogP contribution is -2.36. The van der Waals surface area contributed by atoms with E-state index in [4.69, 9.17) is 5.26 Å². The number of hydrogen-bond donors (Lipinski definition) is 0. The van der Waals surface area contributed by atoms with Crippen molar-refractivity contribution in [2.45, 2.75) is 32.2 Å². The van der Waals surface area contributed by atoms with E-state index in [9.17, 15) is 0 Å². The zero-order valence-electron chi connectivity index (χ0n) is 8.33. The Bertz CT molecular complexity index is 168. The third-order valence-electron chi connectivity index (χ3n) is 2.57. The first-order valence-electron chi connectivity index (χ1n) is 5.07. The topological polar surface area (TPSA) is 27.0 Å². The third kappa shape index (κ3) is 3.58. The van der Waals surface area contributed by atoms with Crippen molar-refractivity contribution in [2.75, 3.05) is 24.6 Å². The SMILES string of the molecule is CCC(CC#N)N1CCCSCC1. The minimum Gasteiger partial charge on any atom is -0.299 e. The van der Waals surface area contributed by atoms with Gasteiger partial charge in [0.1, 0.15) is 0 Å². The van der Waals surface area contributed by atoms with Gasteiger partial charge in [-0.2, -0.15) is 17.0 Å². The van der Waals surface area contributed by atoms with E-state index in [0.29, 0.717) is 12.5 Å². The van der Waals surface area contributed by atoms with E-state index < -0.39 is 0 Å². The van der Waals surface area contributed by atoms with Crippen LogP contribution in [-0.4, -0.2) is 35.5 Å². The smallest absolute Gasteiger partial charge is 0.0638 e. The second kappa shape index (κ2) is 6.28. The predicted molar refractivity (Wildman–Crippen MR) is 57.8 cm³/mol. The molecule has 0 N–H and O–H groups in total. The lowest BCUT2D eigenvalue weighted by Gasteiger charge is -2.27. The van der Waals surface area contributed by atoms with Crippen LogP contribution in [-0.2, 0) is 0 Å². The number of rotatable bonds is 3. The Morgan fingerprint density at radius 3 is 3.00 bits per heavy atom. The molecule has 2 nitrogen and oxygen atoms in total. The Labute approximate surface area is 85.3 Å². The molecule has 13 heavy (non-hydrogen) atoms. The van der Waals surface area contributed by atoms with Gasteiger partial charge in [-0.3, -0.25) is 4.90 Å². The quantitative estimate of drug-likeness (QED) is 0.695. The lowest BCUT2D eigenvalue weighted by atomic mass is 10.1. The minimum atomic E-state index is 0.503. The van der Waals surface area contributed by atoms with Crippen LogP contribution in [0.1, 0.15) is 26.2 Å². The van der Waals surface area contributed by atoms with Crippen LogP contribution >= 0.6 is 11.8 Å². The number of hydrogen-bond acceptors (Lipinski definition) is 3. The summed E-state index contributed by atoms with van der Waals surface area (Å²) in [6.45, 7) is 4.54. The normalized spacial score (nSPS) is 21.8. The fraction of sp³-hybridized carbons (Fsp3) is 0.900. The summed E-state index contributed by atoms with van der Waals surface area (Å²) < 4.78 is 0. The van der Waals surface area contributed by atoms with Gasteiger partial charge in [0.15, 0.2) is 0 Å². The number of thioether (sulfide) groups is 1. The van der Waals surface area contributed by atoms with Crippen molar-refractivity contribution in [3.8, 4) is 6.07 Å². The van der Waals surface area contributed by atoms with Crippen LogP contribution in [0.15, 0.2) is 0 Å². The van der Waals surface area contributed by atoms with Gasteiger partial charge in [-0.15, -0.1) is 0 Å². The average Bonchev–Trinajstić information content (AvgIpc) is 2.42. The van der Waals surface area contributed by atoms with E-state index in [-0.39, 0.29) is 0 Å². The molecule has 0 aromatic carbocycles. The van der Waals surface area contributed by atoms with Crippen molar-refractivity contribution < 1.29 is 0 Å². The second-order valence-electron chi connectivity index (χ2n) is 3.43. The first-order chi connectivity index (χ1) is 6.38. The van der Waals surface area contributed by atoms with Crippen molar-refractivity contribution >= 4 is 11.8 Å². The van der Waals surface area contributed by atoms with E-state index in [1.165, 1.54) is 31.0 Å². The molecule has 1 heterocycles. The largest absolute Gasteiger partial charge is 0.299 e. The predicted octanol–water partition coefficient (Wildman–Crippen LogP) is 2.12. The van der Waals surface area contributed by atoms with Crippen LogP contribution < -0.4 is 0 Å². The van der Waals surface area contributed by atoms with Crippen molar-refractivity contribution in [3.05, 3.63) is 0 Å². The molecule has 1 fully saturated rings. The summed E-state index contributed by atoms with van der Waals surface area (Å²) in [5.41, 5.74) is 0. The summed E-state index contributed by atoms with van der Waals surface area (Å²) in [5, 5.41) is 8.69. The molecule has 0 aliphatic carbocycles. The molecule has 0 amide bonds. The van der Waals surface area contributed by atoms with Crippen LogP contribution in [0.2, 0.25) is 0 Å². The summed E-state index contributed by atoms with van der Waals surface area (Å²) in [6.07, 6.45) is 3.09. The fourth-order valence-electron chi connectivity index (χ4n) is 1.77. The van der Waals surface area contributed by atoms with Gasteiger partial charge >= 0.3 is 0 Å². The minimum absolute atomic E-state index is 0.503. The van der Waals surface area contributed by atoms with Crippen molar-refractivity contribution in [3.63, 3.8) is 0 Å². The Hall–Kier alpha value is -0.200. The van der Waals surface area contributed by atoms with Gasteiger partial charge < -0.3 is 0 Å². The highest BCUT2D eigenvalue weighted by atomic mass is 32.2. The van der Waals surface area contributed by atoms with Gasteiger partial charge in [0.2, 0.25) is 0 Å². The maximum atomic E-state index is 8.69. The van der Waals surface area contributed by atoms with Crippen molar-refractivity contribution in [2.24, 2.45) is 0 Å². The van der Waals surface area contributed by atoms with E-state index in [2.05, 4.69) is 17.9 Å². The Morgan fingerprint density at radius 1 is 1.46 bits per heavy atom. The summed E-state index contributed by atoms with van der Waals surface area (Å²) in [4.78, 5) is 2.49. The molecule has 1 atom stereocenters. The average molecular weight is 198 g/mol. The third-order valence-corrected chi connectivity index (χ3v) is 3.62. The van der Waals surface area contributed by atoms with Crippen molar-refractivity contribution in [1.29, 1.82) is 5.26 Å². The molecule has 1 aliphatic heterocycles. The van der Waals surface area contributed by atoms with Gasteiger partial charge in [-0.05, 0) is 25.1 Å². The zero-order chi connectivity index (χ0) is 9.52. The summed E-state index contributed by atoms with van der Waals surface area (Å²) in [6, 6.07) is 2.79. The van der Waals surface area contributed by atoms with Crippen LogP contribution in [0.4, 0.5) is 0 Å². The number of nitrogens with zero attached hydrogens (tertiary/aromatic N) is 2. The van der Waals surface area contributed by atoms with Gasteiger partial charge in [0.05, 0.1) is 12.5 Å². The number of nitriles is 1. The molecule has 3 heteroatoms. The monoisotopic (exact) mass is 198 g/mol. The van der Waals surface area contributed by atoms with Gasteiger partial charge in [-0.1, -0.05) is 6.92 Å². The molecular weight excluding hydrogens is 180 g/mol. The molecule has 0 aromatic rings. The van der Waals surface area contributed by atoms with Crippen molar-refractivity contribution in [1.82, 2.24) is 4.90 Å². The van der Waals surface area contributed by atoms with E-state index in [1.54, 1.807) is 0 Å².